The van der Waals surface area contributed by atoms with Gasteiger partial charge in [0.15, 0.2) is 11.2 Å². The summed E-state index contributed by atoms with van der Waals surface area (Å²) in [6.07, 6.45) is 11.7. The summed E-state index contributed by atoms with van der Waals surface area (Å²) in [6, 6.07) is 35.4. The molecule has 262 valence electrons. The second-order valence-corrected chi connectivity index (χ2v) is 15.3. The summed E-state index contributed by atoms with van der Waals surface area (Å²) in [6.45, 7) is 9.20. The van der Waals surface area contributed by atoms with Gasteiger partial charge >= 0.3 is 0 Å². The molecule has 0 radical (unpaired) electrons. The predicted molar refractivity (Wildman–Crippen MR) is 214 cm³/mol. The minimum Gasteiger partial charge on any atom is -0.436 e. The monoisotopic (exact) mass is 684 g/mol. The summed E-state index contributed by atoms with van der Waals surface area (Å²) >= 11 is 0. The lowest BCUT2D eigenvalue weighted by molar-refractivity contribution is 0.419. The van der Waals surface area contributed by atoms with Gasteiger partial charge in [-0.3, -0.25) is 0 Å². The maximum absolute atomic E-state index is 6.55. The van der Waals surface area contributed by atoms with Gasteiger partial charge in [0.2, 0.25) is 11.8 Å². The molecule has 4 heteroatoms. The molecule has 2 aromatic heterocycles. The van der Waals surface area contributed by atoms with E-state index in [1.165, 1.54) is 63.8 Å². The Bertz CT molecular complexity index is 2420. The smallest absolute Gasteiger partial charge is 0.227 e. The van der Waals surface area contributed by atoms with E-state index in [2.05, 4.69) is 125 Å². The molecule has 2 aliphatic carbocycles. The van der Waals surface area contributed by atoms with Crippen LogP contribution in [0.4, 0.5) is 0 Å². The Morgan fingerprint density at radius 3 is 1.33 bits per heavy atom. The minimum absolute atomic E-state index is 0.0217. The van der Waals surface area contributed by atoms with Crippen LogP contribution >= 0.6 is 0 Å². The highest BCUT2D eigenvalue weighted by Crippen LogP contribution is 2.56. The Labute approximate surface area is 307 Å². The normalized spacial score (nSPS) is 16.7. The van der Waals surface area contributed by atoms with Crippen LogP contribution in [0, 0.1) is 0 Å². The molecular formula is C48H48N2O2. The van der Waals surface area contributed by atoms with Crippen LogP contribution in [-0.4, -0.2) is 9.97 Å². The lowest BCUT2D eigenvalue weighted by Crippen LogP contribution is -2.25. The number of hydrogen-bond acceptors (Lipinski definition) is 4. The van der Waals surface area contributed by atoms with Gasteiger partial charge in [0.05, 0.1) is 0 Å². The van der Waals surface area contributed by atoms with Crippen molar-refractivity contribution in [2.75, 3.05) is 0 Å². The molecular weight excluding hydrogens is 637 g/mol. The van der Waals surface area contributed by atoms with Crippen LogP contribution < -0.4 is 0 Å². The highest BCUT2D eigenvalue weighted by atomic mass is 16.4. The van der Waals surface area contributed by atoms with E-state index in [1.807, 2.05) is 0 Å². The highest BCUT2D eigenvalue weighted by molar-refractivity contribution is 5.92. The van der Waals surface area contributed by atoms with Crippen molar-refractivity contribution >= 4 is 22.2 Å². The predicted octanol–water partition coefficient (Wildman–Crippen LogP) is 13.8. The summed E-state index contributed by atoms with van der Waals surface area (Å²) < 4.78 is 13.1. The zero-order valence-corrected chi connectivity index (χ0v) is 31.0. The maximum atomic E-state index is 6.55. The van der Waals surface area contributed by atoms with Crippen molar-refractivity contribution in [3.05, 3.63) is 119 Å². The van der Waals surface area contributed by atoms with Crippen LogP contribution in [0.3, 0.4) is 0 Å². The molecule has 0 amide bonds. The zero-order chi connectivity index (χ0) is 35.5. The van der Waals surface area contributed by atoms with Crippen LogP contribution in [0.15, 0.2) is 106 Å². The largest absolute Gasteiger partial charge is 0.436 e. The fourth-order valence-electron chi connectivity index (χ4n) is 10.0. The van der Waals surface area contributed by atoms with Crippen molar-refractivity contribution < 1.29 is 8.83 Å². The molecule has 52 heavy (non-hydrogen) atoms. The van der Waals surface area contributed by atoms with Crippen LogP contribution in [0.25, 0.3) is 67.4 Å². The Morgan fingerprint density at radius 1 is 0.442 bits per heavy atom. The van der Waals surface area contributed by atoms with Crippen LogP contribution in [0.2, 0.25) is 0 Å². The molecule has 1 unspecified atom stereocenters. The fraction of sp³-hybridized carbons (Fsp3) is 0.333. The number of unbranched alkanes of at least 4 members (excludes halogenated alkanes) is 2. The maximum Gasteiger partial charge on any atom is 0.227 e. The van der Waals surface area contributed by atoms with Gasteiger partial charge in [0.25, 0.3) is 0 Å². The van der Waals surface area contributed by atoms with Crippen LogP contribution in [0.1, 0.15) is 114 Å². The average molecular weight is 685 g/mol. The minimum atomic E-state index is 0.0217. The number of aromatic nitrogens is 2. The summed E-state index contributed by atoms with van der Waals surface area (Å²) in [5.74, 6) is 1.28. The second-order valence-electron chi connectivity index (χ2n) is 15.3. The molecule has 2 heterocycles. The van der Waals surface area contributed by atoms with E-state index in [0.29, 0.717) is 11.8 Å². The van der Waals surface area contributed by atoms with Crippen LogP contribution in [-0.2, 0) is 10.8 Å². The molecule has 7 aromatic rings. The van der Waals surface area contributed by atoms with Gasteiger partial charge in [-0.2, -0.15) is 0 Å². The molecule has 5 aromatic carbocycles. The molecule has 0 saturated heterocycles. The molecule has 1 atom stereocenters. The van der Waals surface area contributed by atoms with E-state index in [-0.39, 0.29) is 10.8 Å². The Balaban J connectivity index is 1.06. The lowest BCUT2D eigenvalue weighted by Gasteiger charge is -2.32. The summed E-state index contributed by atoms with van der Waals surface area (Å²) in [4.78, 5) is 10.0. The topological polar surface area (TPSA) is 52.1 Å². The van der Waals surface area contributed by atoms with Crippen molar-refractivity contribution in [1.82, 2.24) is 9.97 Å². The molecule has 0 spiro atoms. The molecule has 0 fully saturated rings. The van der Waals surface area contributed by atoms with Gasteiger partial charge in [-0.1, -0.05) is 115 Å². The molecule has 0 aliphatic heterocycles. The van der Waals surface area contributed by atoms with Gasteiger partial charge in [-0.15, -0.1) is 0 Å². The molecule has 0 saturated carbocycles. The van der Waals surface area contributed by atoms with E-state index in [1.54, 1.807) is 0 Å². The average Bonchev–Trinajstić information content (AvgIpc) is 3.91. The van der Waals surface area contributed by atoms with Gasteiger partial charge in [-0.25, -0.2) is 9.97 Å². The molecule has 0 N–H and O–H groups in total. The third-order valence-electron chi connectivity index (χ3n) is 12.2. The van der Waals surface area contributed by atoms with E-state index in [9.17, 15) is 0 Å². The van der Waals surface area contributed by atoms with E-state index in [0.717, 1.165) is 78.3 Å². The standard InChI is InChI=1S/C48H48N2O2/c1-5-9-14-26-48(25-8-4)38-18-13-11-16-34(38)36-28-42-44(30-40(36)48)52-46(50-42)32-21-19-31(20-22-32)45-49-41-27-35-33-15-10-12-17-37(33)47(23-6-2,24-7-3)39(35)29-43(41)51-45/h10-13,15-22,27-30H,5-9,14,23-26H2,1-4H3. The fourth-order valence-corrected chi connectivity index (χ4v) is 10.0. The first-order valence-corrected chi connectivity index (χ1v) is 19.7. The summed E-state index contributed by atoms with van der Waals surface area (Å²) in [7, 11) is 0. The number of hydrogen-bond donors (Lipinski definition) is 0. The molecule has 4 nitrogen and oxygen atoms in total. The second kappa shape index (κ2) is 12.9. The van der Waals surface area contributed by atoms with E-state index < -0.39 is 0 Å². The first-order valence-electron chi connectivity index (χ1n) is 19.7. The molecule has 0 bridgehead atoms. The van der Waals surface area contributed by atoms with Crippen molar-refractivity contribution in [3.63, 3.8) is 0 Å². The Morgan fingerprint density at radius 2 is 0.885 bits per heavy atom. The van der Waals surface area contributed by atoms with E-state index >= 15 is 0 Å². The van der Waals surface area contributed by atoms with Crippen molar-refractivity contribution in [2.24, 2.45) is 0 Å². The van der Waals surface area contributed by atoms with Crippen molar-refractivity contribution in [2.45, 2.75) is 103 Å². The Hall–Kier alpha value is -4.96. The number of fused-ring (bicyclic) bond motifs is 8. The van der Waals surface area contributed by atoms with Gasteiger partial charge in [0, 0.05) is 22.0 Å². The van der Waals surface area contributed by atoms with Gasteiger partial charge in [0.1, 0.15) is 11.0 Å². The summed E-state index contributed by atoms with van der Waals surface area (Å²) in [5, 5.41) is 0. The number of nitrogens with zero attached hydrogens (tertiary/aromatic N) is 2. The van der Waals surface area contributed by atoms with Crippen molar-refractivity contribution in [3.8, 4) is 45.2 Å². The number of rotatable bonds is 12. The quantitative estimate of drug-likeness (QED) is 0.120. The third-order valence-corrected chi connectivity index (χ3v) is 12.2. The van der Waals surface area contributed by atoms with Gasteiger partial charge in [-0.05, 0) is 119 Å². The number of oxazole rings is 2. The lowest BCUT2D eigenvalue weighted by atomic mass is 9.71. The first kappa shape index (κ1) is 32.9. The Kier molecular flexibility index (Phi) is 8.17. The van der Waals surface area contributed by atoms with Crippen molar-refractivity contribution in [1.29, 1.82) is 0 Å². The van der Waals surface area contributed by atoms with Crippen LogP contribution in [0.5, 0.6) is 0 Å². The summed E-state index contributed by atoms with van der Waals surface area (Å²) in [5.41, 5.74) is 16.5. The third kappa shape index (κ3) is 4.94. The van der Waals surface area contributed by atoms with E-state index in [4.69, 9.17) is 18.8 Å². The highest BCUT2D eigenvalue weighted by Gasteiger charge is 2.43. The molecule has 2 aliphatic rings. The zero-order valence-electron chi connectivity index (χ0n) is 31.0. The van der Waals surface area contributed by atoms with Gasteiger partial charge < -0.3 is 8.83 Å². The number of benzene rings is 5. The molecule has 9 rings (SSSR count). The first-order chi connectivity index (χ1) is 25.5. The SMILES string of the molecule is CCCCCC1(CCC)c2ccccc2-c2cc3nc(-c4ccc(-c5nc6cc7c(cc6o5)C(CCC)(CCC)c5ccccc5-7)cc4)oc3cc21.